The molecule has 4 aromatic rings. The van der Waals surface area contributed by atoms with Gasteiger partial charge in [0.1, 0.15) is 21.2 Å². The Morgan fingerprint density at radius 1 is 1.22 bits per heavy atom. The monoisotopic (exact) mass is 571 g/mol. The van der Waals surface area contributed by atoms with Crippen molar-refractivity contribution in [2.45, 2.75) is 25.8 Å². The molecule has 208 valence electrons. The summed E-state index contributed by atoms with van der Waals surface area (Å²) in [6.07, 6.45) is 4.27. The first-order valence-corrected chi connectivity index (χ1v) is 13.9. The number of nitrogens with one attached hydrogen (secondary N) is 2. The zero-order valence-corrected chi connectivity index (χ0v) is 23.0. The molecule has 4 amide bonds. The Labute approximate surface area is 239 Å². The number of urea groups is 1. The van der Waals surface area contributed by atoms with Gasteiger partial charge in [0.25, 0.3) is 5.91 Å². The van der Waals surface area contributed by atoms with E-state index in [0.717, 1.165) is 24.2 Å². The van der Waals surface area contributed by atoms with Gasteiger partial charge in [-0.1, -0.05) is 24.8 Å². The van der Waals surface area contributed by atoms with Gasteiger partial charge in [0.05, 0.1) is 22.4 Å². The van der Waals surface area contributed by atoms with Crippen molar-refractivity contribution >= 4 is 56.5 Å². The van der Waals surface area contributed by atoms with Crippen molar-refractivity contribution < 1.29 is 23.5 Å². The molecule has 2 aliphatic rings. The predicted molar refractivity (Wildman–Crippen MR) is 156 cm³/mol. The zero-order chi connectivity index (χ0) is 28.7. The third kappa shape index (κ3) is 4.89. The molecule has 1 saturated heterocycles. The number of aromatic nitrogens is 1. The molecule has 2 N–H and O–H groups in total. The number of hydrogen-bond acceptors (Lipinski definition) is 6. The molecule has 2 aromatic carbocycles. The number of pyridine rings is 1. The number of likely N-dealkylation sites (tertiary alicyclic amines) is 1. The van der Waals surface area contributed by atoms with Gasteiger partial charge in [-0.05, 0) is 55.7 Å². The Bertz CT molecular complexity index is 1680. The molecule has 9 nitrogen and oxygen atoms in total. The van der Waals surface area contributed by atoms with E-state index in [4.69, 9.17) is 4.74 Å². The van der Waals surface area contributed by atoms with Crippen LogP contribution in [0.3, 0.4) is 0 Å². The zero-order valence-electron chi connectivity index (χ0n) is 22.1. The Morgan fingerprint density at radius 3 is 2.78 bits per heavy atom. The van der Waals surface area contributed by atoms with E-state index in [0.29, 0.717) is 56.6 Å². The molecule has 2 aliphatic heterocycles. The number of carbonyl (C=O) groups excluding carboxylic acids is 3. The summed E-state index contributed by atoms with van der Waals surface area (Å²) in [6.45, 7) is 6.23. The molecule has 0 saturated carbocycles. The highest BCUT2D eigenvalue weighted by Crippen LogP contribution is 2.47. The number of benzene rings is 2. The molecule has 41 heavy (non-hydrogen) atoms. The van der Waals surface area contributed by atoms with Gasteiger partial charge in [-0.15, -0.1) is 11.3 Å². The van der Waals surface area contributed by atoms with Gasteiger partial charge in [0.2, 0.25) is 5.91 Å². The second-order valence-electron chi connectivity index (χ2n) is 9.87. The Hall–Kier alpha value is -4.77. The van der Waals surface area contributed by atoms with Crippen molar-refractivity contribution in [3.05, 3.63) is 83.6 Å². The average Bonchev–Trinajstić information content (AvgIpc) is 3.34. The van der Waals surface area contributed by atoms with Crippen LogP contribution < -0.4 is 20.3 Å². The van der Waals surface area contributed by atoms with Crippen molar-refractivity contribution in [3.8, 4) is 11.5 Å². The summed E-state index contributed by atoms with van der Waals surface area (Å²) in [5, 5.41) is 6.36. The molecule has 0 aliphatic carbocycles. The number of ether oxygens (including phenoxy) is 1. The van der Waals surface area contributed by atoms with Crippen LogP contribution >= 0.6 is 11.3 Å². The molecule has 1 atom stereocenters. The average molecular weight is 572 g/mol. The van der Waals surface area contributed by atoms with Crippen LogP contribution in [0.2, 0.25) is 0 Å². The van der Waals surface area contributed by atoms with Gasteiger partial charge >= 0.3 is 6.03 Å². The Balaban J connectivity index is 1.32. The molecule has 0 unspecified atom stereocenters. The highest BCUT2D eigenvalue weighted by molar-refractivity contribution is 7.21. The molecule has 0 bridgehead atoms. The van der Waals surface area contributed by atoms with E-state index in [1.54, 1.807) is 36.1 Å². The largest absolute Gasteiger partial charge is 0.457 e. The highest BCUT2D eigenvalue weighted by Gasteiger charge is 2.35. The summed E-state index contributed by atoms with van der Waals surface area (Å²) in [7, 11) is 0. The molecular formula is C30H26FN5O4S. The van der Waals surface area contributed by atoms with Gasteiger partial charge in [-0.2, -0.15) is 0 Å². The number of amides is 4. The summed E-state index contributed by atoms with van der Waals surface area (Å²) in [5.41, 5.74) is 1.32. The lowest BCUT2D eigenvalue weighted by atomic mass is 10.1. The molecule has 1 fully saturated rings. The van der Waals surface area contributed by atoms with Crippen LogP contribution in [0.1, 0.15) is 28.1 Å². The number of thiophene rings is 1. The van der Waals surface area contributed by atoms with Crippen LogP contribution in [-0.4, -0.2) is 46.9 Å². The van der Waals surface area contributed by atoms with Crippen molar-refractivity contribution in [1.29, 1.82) is 0 Å². The minimum atomic E-state index is -0.636. The van der Waals surface area contributed by atoms with Crippen LogP contribution in [0.4, 0.5) is 26.2 Å². The molecular weight excluding hydrogens is 545 g/mol. The predicted octanol–water partition coefficient (Wildman–Crippen LogP) is 6.13. The van der Waals surface area contributed by atoms with Crippen molar-refractivity contribution in [2.24, 2.45) is 0 Å². The maximum absolute atomic E-state index is 15.6. The highest BCUT2D eigenvalue weighted by atomic mass is 32.1. The quantitative estimate of drug-likeness (QED) is 0.271. The molecule has 6 rings (SSSR count). The first kappa shape index (κ1) is 26.5. The van der Waals surface area contributed by atoms with E-state index in [9.17, 15) is 14.4 Å². The standard InChI is InChI=1S/C30H26FN5O4S/c1-3-23(37)35-13-7-8-18(16-35)33-28(38)27-25-24-22(11-12-32-29(24)41-27)36(30(39)34-25)26-17(2)14-20(15-21(26)31)40-19-9-5-4-6-10-19/h3-6,9-12,14-15,18H,1,7-8,13,16H2,2H3,(H,33,38)(H,34,39)/t18-/m1/s1. The first-order valence-electron chi connectivity index (χ1n) is 13.1. The third-order valence-corrected chi connectivity index (χ3v) is 8.22. The minimum absolute atomic E-state index is 0.0763. The number of nitrogens with zero attached hydrogens (tertiary/aromatic N) is 3. The number of para-hydroxylation sites is 1. The maximum Gasteiger partial charge on any atom is 0.331 e. The second kappa shape index (κ2) is 10.7. The van der Waals surface area contributed by atoms with Gasteiger partial charge < -0.3 is 20.3 Å². The third-order valence-electron chi connectivity index (χ3n) is 7.13. The van der Waals surface area contributed by atoms with Gasteiger partial charge in [0, 0.05) is 31.4 Å². The lowest BCUT2D eigenvalue weighted by molar-refractivity contribution is -0.127. The summed E-state index contributed by atoms with van der Waals surface area (Å²) in [6, 6.07) is 12.7. The molecule has 4 heterocycles. The topological polar surface area (TPSA) is 104 Å². The van der Waals surface area contributed by atoms with Gasteiger partial charge in [-0.3, -0.25) is 14.5 Å². The number of carbonyl (C=O) groups is 3. The molecule has 0 spiro atoms. The van der Waals surface area contributed by atoms with E-state index in [-0.39, 0.29) is 23.5 Å². The smallest absolute Gasteiger partial charge is 0.331 e. The molecule has 11 heteroatoms. The number of hydrogen-bond donors (Lipinski definition) is 2. The minimum Gasteiger partial charge on any atom is -0.457 e. The fourth-order valence-corrected chi connectivity index (χ4v) is 6.34. The summed E-state index contributed by atoms with van der Waals surface area (Å²) < 4.78 is 21.4. The van der Waals surface area contributed by atoms with E-state index in [1.165, 1.54) is 23.2 Å². The second-order valence-corrected chi connectivity index (χ2v) is 10.9. The fourth-order valence-electron chi connectivity index (χ4n) is 5.31. The Morgan fingerprint density at radius 2 is 2.02 bits per heavy atom. The van der Waals surface area contributed by atoms with E-state index >= 15 is 4.39 Å². The van der Waals surface area contributed by atoms with Crippen molar-refractivity contribution in [1.82, 2.24) is 15.2 Å². The van der Waals surface area contributed by atoms with E-state index in [2.05, 4.69) is 22.2 Å². The van der Waals surface area contributed by atoms with Gasteiger partial charge in [-0.25, -0.2) is 14.2 Å². The van der Waals surface area contributed by atoms with Crippen LogP contribution in [0.25, 0.3) is 10.2 Å². The number of aryl methyl sites for hydroxylation is 1. The van der Waals surface area contributed by atoms with Crippen LogP contribution in [-0.2, 0) is 4.79 Å². The fraction of sp³-hybridized carbons (Fsp3) is 0.200. The number of anilines is 3. The normalized spacial score (nSPS) is 16.3. The van der Waals surface area contributed by atoms with Crippen molar-refractivity contribution in [2.75, 3.05) is 23.3 Å². The van der Waals surface area contributed by atoms with Crippen LogP contribution in [0.15, 0.2) is 67.4 Å². The summed E-state index contributed by atoms with van der Waals surface area (Å²) >= 11 is 1.15. The Kier molecular flexibility index (Phi) is 6.88. The van der Waals surface area contributed by atoms with Crippen LogP contribution in [0.5, 0.6) is 11.5 Å². The van der Waals surface area contributed by atoms with Crippen molar-refractivity contribution in [3.63, 3.8) is 0 Å². The summed E-state index contributed by atoms with van der Waals surface area (Å²) in [4.78, 5) is 47.1. The van der Waals surface area contributed by atoms with E-state index < -0.39 is 11.8 Å². The van der Waals surface area contributed by atoms with Crippen LogP contribution in [0, 0.1) is 12.7 Å². The lowest BCUT2D eigenvalue weighted by Crippen LogP contribution is -2.49. The molecule has 0 radical (unpaired) electrons. The lowest BCUT2D eigenvalue weighted by Gasteiger charge is -2.32. The molecule has 2 aromatic heterocycles. The number of piperidine rings is 1. The summed E-state index contributed by atoms with van der Waals surface area (Å²) in [5.74, 6) is -0.315. The first-order chi connectivity index (χ1) is 19.8. The number of halogens is 1. The van der Waals surface area contributed by atoms with E-state index in [1.807, 2.05) is 18.2 Å². The number of rotatable bonds is 6. The SMILES string of the molecule is C=CC(=O)N1CCC[C@@H](NC(=O)c2sc3nccc4c3c2NC(=O)N4c2c(C)cc(Oc3ccccc3)cc2F)C1. The maximum atomic E-state index is 15.6. The van der Waals surface area contributed by atoms with Gasteiger partial charge in [0.15, 0.2) is 5.82 Å².